The summed E-state index contributed by atoms with van der Waals surface area (Å²) >= 11 is 0. The van der Waals surface area contributed by atoms with Gasteiger partial charge in [0.25, 0.3) is 11.6 Å². The van der Waals surface area contributed by atoms with Crippen LogP contribution in [0.3, 0.4) is 0 Å². The molecule has 1 aliphatic heterocycles. The first-order valence-electron chi connectivity index (χ1n) is 4.82. The van der Waals surface area contributed by atoms with Crippen molar-refractivity contribution >= 4 is 17.6 Å². The maximum Gasteiger partial charge on any atom is 0.324 e. The van der Waals surface area contributed by atoms with Gasteiger partial charge in [0, 0.05) is 19.2 Å². The number of nitrogens with zero attached hydrogens (tertiary/aromatic N) is 2. The van der Waals surface area contributed by atoms with Crippen molar-refractivity contribution in [3.63, 3.8) is 0 Å². The molecule has 0 bridgehead atoms. The lowest BCUT2D eigenvalue weighted by Crippen LogP contribution is -2.25. The molecule has 17 heavy (non-hydrogen) atoms. The van der Waals surface area contributed by atoms with Gasteiger partial charge in [-0.15, -0.1) is 0 Å². The van der Waals surface area contributed by atoms with E-state index < -0.39 is 22.9 Å². The Balaban J connectivity index is 2.32. The minimum Gasteiger partial charge on any atom is -0.311 e. The van der Waals surface area contributed by atoms with Gasteiger partial charge in [-0.05, 0) is 17.7 Å². The van der Waals surface area contributed by atoms with E-state index >= 15 is 0 Å². The number of non-ortho nitro benzene ring substituents is 1. The number of imide groups is 1. The minimum atomic E-state index is -0.719. The molecular weight excluding hydrogens is 226 g/mol. The van der Waals surface area contributed by atoms with E-state index in [1.54, 1.807) is 0 Å². The Morgan fingerprint density at radius 3 is 2.29 bits per heavy atom. The molecule has 1 aliphatic rings. The zero-order chi connectivity index (χ0) is 12.6. The van der Waals surface area contributed by atoms with Gasteiger partial charge >= 0.3 is 6.03 Å². The molecule has 1 atom stereocenters. The molecular formula is C10H9N3O4. The number of benzene rings is 1. The Hall–Kier alpha value is -2.44. The Bertz CT molecular complexity index is 497. The SMILES string of the molecule is CN1C(=O)NC(=O)C1c1ccc([N+](=O)[O-])cc1. The topological polar surface area (TPSA) is 92.6 Å². The van der Waals surface area contributed by atoms with E-state index in [1.807, 2.05) is 0 Å². The van der Waals surface area contributed by atoms with Crippen molar-refractivity contribution in [3.8, 4) is 0 Å². The zero-order valence-corrected chi connectivity index (χ0v) is 8.91. The first-order valence-corrected chi connectivity index (χ1v) is 4.82. The zero-order valence-electron chi connectivity index (χ0n) is 8.91. The van der Waals surface area contributed by atoms with Crippen LogP contribution in [0.15, 0.2) is 24.3 Å². The van der Waals surface area contributed by atoms with Crippen LogP contribution in [0.4, 0.5) is 10.5 Å². The smallest absolute Gasteiger partial charge is 0.311 e. The molecule has 1 aromatic rings. The van der Waals surface area contributed by atoms with Crippen LogP contribution in [0.25, 0.3) is 0 Å². The number of nitro benzene ring substituents is 1. The maximum absolute atomic E-state index is 11.5. The van der Waals surface area contributed by atoms with E-state index in [0.717, 1.165) is 0 Å². The van der Waals surface area contributed by atoms with Crippen molar-refractivity contribution < 1.29 is 14.5 Å². The van der Waals surface area contributed by atoms with Crippen molar-refractivity contribution in [2.24, 2.45) is 0 Å². The predicted octanol–water partition coefficient (Wildman–Crippen LogP) is 0.817. The van der Waals surface area contributed by atoms with E-state index in [-0.39, 0.29) is 5.69 Å². The van der Waals surface area contributed by atoms with Gasteiger partial charge in [0.05, 0.1) is 4.92 Å². The molecule has 0 aliphatic carbocycles. The number of urea groups is 1. The predicted molar refractivity (Wildman–Crippen MR) is 57.1 cm³/mol. The highest BCUT2D eigenvalue weighted by atomic mass is 16.6. The summed E-state index contributed by atoms with van der Waals surface area (Å²) in [5, 5.41) is 12.6. The van der Waals surface area contributed by atoms with Crippen LogP contribution >= 0.6 is 0 Å². The van der Waals surface area contributed by atoms with Gasteiger partial charge in [-0.2, -0.15) is 0 Å². The third-order valence-corrected chi connectivity index (χ3v) is 2.61. The standard InChI is InChI=1S/C10H9N3O4/c1-12-8(9(14)11-10(12)15)6-2-4-7(5-3-6)13(16)17/h2-5,8H,1H3,(H,11,14,15). The van der Waals surface area contributed by atoms with Gasteiger partial charge in [-0.25, -0.2) is 4.79 Å². The molecule has 1 aromatic carbocycles. The first kappa shape index (κ1) is 11.1. The molecule has 1 fully saturated rings. The normalized spacial score (nSPS) is 19.4. The molecule has 7 nitrogen and oxygen atoms in total. The van der Waals surface area contributed by atoms with Crippen LogP contribution in [0.5, 0.6) is 0 Å². The van der Waals surface area contributed by atoms with Crippen LogP contribution in [0.2, 0.25) is 0 Å². The van der Waals surface area contributed by atoms with Gasteiger partial charge in [0.15, 0.2) is 0 Å². The third-order valence-electron chi connectivity index (χ3n) is 2.61. The first-order chi connectivity index (χ1) is 8.00. The van der Waals surface area contributed by atoms with E-state index in [9.17, 15) is 19.7 Å². The van der Waals surface area contributed by atoms with Crippen molar-refractivity contribution in [1.82, 2.24) is 10.2 Å². The van der Waals surface area contributed by atoms with E-state index in [0.29, 0.717) is 5.56 Å². The molecule has 0 radical (unpaired) electrons. The van der Waals surface area contributed by atoms with Crippen LogP contribution < -0.4 is 5.32 Å². The van der Waals surface area contributed by atoms with Gasteiger partial charge < -0.3 is 4.90 Å². The van der Waals surface area contributed by atoms with Gasteiger partial charge in [0.1, 0.15) is 6.04 Å². The van der Waals surface area contributed by atoms with Gasteiger partial charge in [0.2, 0.25) is 0 Å². The van der Waals surface area contributed by atoms with Crippen LogP contribution in [-0.2, 0) is 4.79 Å². The summed E-state index contributed by atoms with van der Waals surface area (Å²) < 4.78 is 0. The fourth-order valence-corrected chi connectivity index (χ4v) is 1.71. The highest BCUT2D eigenvalue weighted by Gasteiger charge is 2.36. The summed E-state index contributed by atoms with van der Waals surface area (Å²) in [6.45, 7) is 0. The summed E-state index contributed by atoms with van der Waals surface area (Å²) in [6.07, 6.45) is 0. The van der Waals surface area contributed by atoms with Crippen molar-refractivity contribution in [1.29, 1.82) is 0 Å². The maximum atomic E-state index is 11.5. The number of rotatable bonds is 2. The van der Waals surface area contributed by atoms with Gasteiger partial charge in [-0.3, -0.25) is 20.2 Å². The number of hydrogen-bond donors (Lipinski definition) is 1. The summed E-state index contributed by atoms with van der Waals surface area (Å²) in [5.41, 5.74) is 0.489. The second-order valence-corrected chi connectivity index (χ2v) is 3.66. The van der Waals surface area contributed by atoms with Crippen LogP contribution in [-0.4, -0.2) is 28.8 Å². The summed E-state index contributed by atoms with van der Waals surface area (Å²) in [4.78, 5) is 33.9. The number of likely N-dealkylation sites (N-methyl/N-ethyl adjacent to an activating group) is 1. The highest BCUT2D eigenvalue weighted by Crippen LogP contribution is 2.25. The fourth-order valence-electron chi connectivity index (χ4n) is 1.71. The molecule has 0 saturated carbocycles. The highest BCUT2D eigenvalue weighted by molar-refractivity contribution is 6.04. The molecule has 2 rings (SSSR count). The largest absolute Gasteiger partial charge is 0.324 e. The number of carbonyl (C=O) groups excluding carboxylic acids is 2. The van der Waals surface area contributed by atoms with E-state index in [2.05, 4.69) is 5.32 Å². The van der Waals surface area contributed by atoms with Crippen molar-refractivity contribution in [2.45, 2.75) is 6.04 Å². The molecule has 1 N–H and O–H groups in total. The second-order valence-electron chi connectivity index (χ2n) is 3.66. The Kier molecular flexibility index (Phi) is 2.51. The Morgan fingerprint density at radius 1 is 1.29 bits per heavy atom. The Labute approximate surface area is 96.2 Å². The number of amides is 3. The monoisotopic (exact) mass is 235 g/mol. The summed E-state index contributed by atoms with van der Waals surface area (Å²) in [6, 6.07) is 4.36. The quantitative estimate of drug-likeness (QED) is 0.466. The number of hydrogen-bond acceptors (Lipinski definition) is 4. The molecule has 0 aromatic heterocycles. The molecule has 0 spiro atoms. The van der Waals surface area contributed by atoms with E-state index in [1.165, 1.54) is 36.2 Å². The average molecular weight is 235 g/mol. The molecule has 1 saturated heterocycles. The molecule has 3 amide bonds. The Morgan fingerprint density at radius 2 is 1.88 bits per heavy atom. The lowest BCUT2D eigenvalue weighted by molar-refractivity contribution is -0.384. The average Bonchev–Trinajstić information content (AvgIpc) is 2.53. The number of nitrogens with one attached hydrogen (secondary N) is 1. The summed E-state index contributed by atoms with van der Waals surface area (Å²) in [7, 11) is 1.49. The number of nitro groups is 1. The summed E-state index contributed by atoms with van der Waals surface area (Å²) in [5.74, 6) is -0.425. The molecule has 1 unspecified atom stereocenters. The lowest BCUT2D eigenvalue weighted by Gasteiger charge is -2.16. The minimum absolute atomic E-state index is 0.0545. The third kappa shape index (κ3) is 1.82. The van der Waals surface area contributed by atoms with E-state index in [4.69, 9.17) is 0 Å². The molecule has 88 valence electrons. The van der Waals surface area contributed by atoms with Gasteiger partial charge in [-0.1, -0.05) is 0 Å². The molecule has 7 heteroatoms. The number of carbonyl (C=O) groups is 2. The van der Waals surface area contributed by atoms with Crippen molar-refractivity contribution in [3.05, 3.63) is 39.9 Å². The lowest BCUT2D eigenvalue weighted by atomic mass is 10.1. The molecule has 1 heterocycles. The second kappa shape index (κ2) is 3.85. The van der Waals surface area contributed by atoms with Crippen LogP contribution in [0, 0.1) is 10.1 Å². The van der Waals surface area contributed by atoms with Crippen LogP contribution in [0.1, 0.15) is 11.6 Å². The van der Waals surface area contributed by atoms with Crippen molar-refractivity contribution in [2.75, 3.05) is 7.05 Å². The fraction of sp³-hybridized carbons (Fsp3) is 0.200.